The molecule has 0 amide bonds. The summed E-state index contributed by atoms with van der Waals surface area (Å²) in [5.74, 6) is 0.417. The third-order valence-electron chi connectivity index (χ3n) is 4.45. The number of hydrogen-bond acceptors (Lipinski definition) is 4. The van der Waals surface area contributed by atoms with E-state index in [0.29, 0.717) is 11.3 Å². The van der Waals surface area contributed by atoms with Gasteiger partial charge < -0.3 is 9.57 Å². The lowest BCUT2D eigenvalue weighted by atomic mass is 10.0. The normalized spacial score (nSPS) is 14.9. The Morgan fingerprint density at radius 2 is 1.70 bits per heavy atom. The summed E-state index contributed by atoms with van der Waals surface area (Å²) in [7, 11) is 0. The van der Waals surface area contributed by atoms with E-state index in [1.165, 1.54) is 25.7 Å². The first kappa shape index (κ1) is 18.9. The molecule has 1 aliphatic heterocycles. The molecule has 1 aliphatic rings. The molecule has 0 aliphatic carbocycles. The van der Waals surface area contributed by atoms with Gasteiger partial charge in [0, 0.05) is 5.56 Å². The highest BCUT2D eigenvalue weighted by Gasteiger charge is 2.26. The fraction of sp³-hybridized carbons (Fsp3) is 0.304. The van der Waals surface area contributed by atoms with Gasteiger partial charge in [-0.3, -0.25) is 0 Å². The number of carbonyl (C=O) groups is 1. The number of oxime groups is 1. The molecule has 140 valence electrons. The van der Waals surface area contributed by atoms with Crippen LogP contribution in [0.3, 0.4) is 0 Å². The van der Waals surface area contributed by atoms with E-state index in [2.05, 4.69) is 12.1 Å². The molecule has 2 aromatic carbocycles. The molecule has 4 nitrogen and oxygen atoms in total. The van der Waals surface area contributed by atoms with Gasteiger partial charge in [-0.25, -0.2) is 4.79 Å². The van der Waals surface area contributed by atoms with Gasteiger partial charge in [0.15, 0.2) is 0 Å². The van der Waals surface area contributed by atoms with Crippen molar-refractivity contribution in [1.82, 2.24) is 0 Å². The number of nitrogens with zero attached hydrogens (tertiary/aromatic N) is 1. The lowest BCUT2D eigenvalue weighted by Gasteiger charge is -2.06. The van der Waals surface area contributed by atoms with Crippen molar-refractivity contribution in [1.29, 1.82) is 0 Å². The maximum Gasteiger partial charge on any atom is 0.368 e. The van der Waals surface area contributed by atoms with Gasteiger partial charge in [-0.1, -0.05) is 80.2 Å². The van der Waals surface area contributed by atoms with Crippen LogP contribution in [0, 0.1) is 0 Å². The fourth-order valence-corrected chi connectivity index (χ4v) is 2.94. The summed E-state index contributed by atoms with van der Waals surface area (Å²) in [4.78, 5) is 16.9. The van der Waals surface area contributed by atoms with E-state index in [-0.39, 0.29) is 0 Å². The van der Waals surface area contributed by atoms with Crippen molar-refractivity contribution in [2.24, 2.45) is 5.16 Å². The first-order valence-electron chi connectivity index (χ1n) is 9.57. The van der Waals surface area contributed by atoms with Crippen molar-refractivity contribution in [2.75, 3.05) is 6.61 Å². The van der Waals surface area contributed by atoms with Crippen molar-refractivity contribution in [2.45, 2.75) is 39.0 Å². The first-order chi connectivity index (χ1) is 13.3. The van der Waals surface area contributed by atoms with Crippen molar-refractivity contribution in [3.05, 3.63) is 71.3 Å². The van der Waals surface area contributed by atoms with E-state index in [4.69, 9.17) is 9.57 Å². The SMILES string of the molecule is CCCCCCCOc1ccc(/C=C2/C(=O)ON=C2c2ccccc2)cc1. The standard InChI is InChI=1S/C23H25NO3/c1-2-3-4-5-9-16-26-20-14-12-18(13-15-20)17-21-22(24-27-23(21)25)19-10-7-6-8-11-19/h6-8,10-15,17H,2-5,9,16H2,1H3/b21-17+. The molecule has 0 spiro atoms. The number of unbranched alkanes of at least 4 members (excludes halogenated alkanes) is 4. The molecule has 3 rings (SSSR count). The third-order valence-corrected chi connectivity index (χ3v) is 4.45. The van der Waals surface area contributed by atoms with Gasteiger partial charge >= 0.3 is 5.97 Å². The molecule has 0 radical (unpaired) electrons. The average molecular weight is 363 g/mol. The predicted molar refractivity (Wildman–Crippen MR) is 108 cm³/mol. The van der Waals surface area contributed by atoms with Gasteiger partial charge in [0.05, 0.1) is 12.2 Å². The Hall–Kier alpha value is -2.88. The molecule has 0 fully saturated rings. The topological polar surface area (TPSA) is 47.9 Å². The Morgan fingerprint density at radius 1 is 0.963 bits per heavy atom. The second-order valence-electron chi connectivity index (χ2n) is 6.57. The summed E-state index contributed by atoms with van der Waals surface area (Å²) < 4.78 is 5.79. The van der Waals surface area contributed by atoms with Crippen molar-refractivity contribution in [3.8, 4) is 5.75 Å². The van der Waals surface area contributed by atoms with Crippen LogP contribution in [0.2, 0.25) is 0 Å². The van der Waals surface area contributed by atoms with E-state index in [1.807, 2.05) is 54.6 Å². The number of carbonyl (C=O) groups excluding carboxylic acids is 1. The van der Waals surface area contributed by atoms with Gasteiger partial charge in [0.25, 0.3) is 0 Å². The lowest BCUT2D eigenvalue weighted by molar-refractivity contribution is -0.136. The van der Waals surface area contributed by atoms with Gasteiger partial charge in [-0.2, -0.15) is 0 Å². The highest BCUT2D eigenvalue weighted by atomic mass is 16.7. The lowest BCUT2D eigenvalue weighted by Crippen LogP contribution is -2.06. The number of benzene rings is 2. The zero-order valence-corrected chi connectivity index (χ0v) is 15.7. The second-order valence-corrected chi connectivity index (χ2v) is 6.57. The molecule has 27 heavy (non-hydrogen) atoms. The highest BCUT2D eigenvalue weighted by Crippen LogP contribution is 2.22. The molecule has 4 heteroatoms. The Kier molecular flexibility index (Phi) is 6.80. The molecule has 0 N–H and O–H groups in total. The smallest absolute Gasteiger partial charge is 0.368 e. The minimum atomic E-state index is -0.429. The maximum absolute atomic E-state index is 12.0. The molecule has 0 saturated heterocycles. The quantitative estimate of drug-likeness (QED) is 0.341. The van der Waals surface area contributed by atoms with Gasteiger partial charge in [0.2, 0.25) is 0 Å². The minimum absolute atomic E-state index is 0.429. The molecule has 0 aromatic heterocycles. The molecular weight excluding hydrogens is 338 g/mol. The second kappa shape index (κ2) is 9.72. The minimum Gasteiger partial charge on any atom is -0.494 e. The fourth-order valence-electron chi connectivity index (χ4n) is 2.94. The predicted octanol–water partition coefficient (Wildman–Crippen LogP) is 5.38. The van der Waals surface area contributed by atoms with Crippen LogP contribution in [-0.4, -0.2) is 18.3 Å². The largest absolute Gasteiger partial charge is 0.494 e. The van der Waals surface area contributed by atoms with Crippen LogP contribution < -0.4 is 4.74 Å². The summed E-state index contributed by atoms with van der Waals surface area (Å²) in [6.07, 6.45) is 7.90. The summed E-state index contributed by atoms with van der Waals surface area (Å²) in [5.41, 5.74) is 2.79. The van der Waals surface area contributed by atoms with E-state index in [1.54, 1.807) is 6.08 Å². The molecule has 0 saturated carbocycles. The van der Waals surface area contributed by atoms with E-state index < -0.39 is 5.97 Å². The molecular formula is C23H25NO3. The molecule has 1 heterocycles. The Bertz CT molecular complexity index is 807. The Balaban J connectivity index is 1.61. The van der Waals surface area contributed by atoms with Crippen molar-refractivity contribution in [3.63, 3.8) is 0 Å². The van der Waals surface area contributed by atoms with Crippen LogP contribution >= 0.6 is 0 Å². The van der Waals surface area contributed by atoms with Gasteiger partial charge in [-0.05, 0) is 30.2 Å². The summed E-state index contributed by atoms with van der Waals surface area (Å²) >= 11 is 0. The highest BCUT2D eigenvalue weighted by molar-refractivity contribution is 6.31. The van der Waals surface area contributed by atoms with E-state index in [9.17, 15) is 4.79 Å². The third kappa shape index (κ3) is 5.30. The van der Waals surface area contributed by atoms with Crippen LogP contribution in [0.25, 0.3) is 6.08 Å². The van der Waals surface area contributed by atoms with Crippen LogP contribution in [0.15, 0.2) is 65.3 Å². The number of ether oxygens (including phenoxy) is 1. The molecule has 0 bridgehead atoms. The molecule has 2 aromatic rings. The van der Waals surface area contributed by atoms with Gasteiger partial charge in [-0.15, -0.1) is 0 Å². The number of rotatable bonds is 9. The summed E-state index contributed by atoms with van der Waals surface area (Å²) in [6.45, 7) is 2.95. The first-order valence-corrected chi connectivity index (χ1v) is 9.57. The Morgan fingerprint density at radius 3 is 2.44 bits per heavy atom. The van der Waals surface area contributed by atoms with Crippen molar-refractivity contribution >= 4 is 17.8 Å². The summed E-state index contributed by atoms with van der Waals surface area (Å²) in [5, 5.41) is 3.93. The maximum atomic E-state index is 12.0. The van der Waals surface area contributed by atoms with Crippen LogP contribution in [0.4, 0.5) is 0 Å². The molecule has 0 unspecified atom stereocenters. The zero-order valence-electron chi connectivity index (χ0n) is 15.7. The Labute approximate surface area is 160 Å². The monoisotopic (exact) mass is 363 g/mol. The van der Waals surface area contributed by atoms with E-state index >= 15 is 0 Å². The van der Waals surface area contributed by atoms with Crippen molar-refractivity contribution < 1.29 is 14.4 Å². The van der Waals surface area contributed by atoms with Crippen LogP contribution in [0.5, 0.6) is 5.75 Å². The van der Waals surface area contributed by atoms with Crippen LogP contribution in [0.1, 0.15) is 50.2 Å². The van der Waals surface area contributed by atoms with Gasteiger partial charge in [0.1, 0.15) is 11.5 Å². The average Bonchev–Trinajstić information content (AvgIpc) is 3.07. The zero-order chi connectivity index (χ0) is 18.9. The van der Waals surface area contributed by atoms with Crippen LogP contribution in [-0.2, 0) is 9.63 Å². The number of hydrogen-bond donors (Lipinski definition) is 0. The molecule has 0 atom stereocenters. The summed E-state index contributed by atoms with van der Waals surface area (Å²) in [6, 6.07) is 17.3. The van der Waals surface area contributed by atoms with E-state index in [0.717, 1.165) is 29.9 Å².